The molecule has 2 fully saturated rings. The van der Waals surface area contributed by atoms with Gasteiger partial charge < -0.3 is 15.3 Å². The smallest absolute Gasteiger partial charge is 0.239 e. The molecule has 120 valence electrons. The fourth-order valence-electron chi connectivity index (χ4n) is 3.48. The van der Waals surface area contributed by atoms with Gasteiger partial charge in [-0.2, -0.15) is 0 Å². The monoisotopic (exact) mass is 322 g/mol. The highest BCUT2D eigenvalue weighted by atomic mass is 35.5. The van der Waals surface area contributed by atoms with Gasteiger partial charge in [-0.25, -0.2) is 0 Å². The van der Waals surface area contributed by atoms with E-state index in [1.807, 2.05) is 29.2 Å². The van der Waals surface area contributed by atoms with E-state index in [0.717, 1.165) is 50.9 Å². The Morgan fingerprint density at radius 2 is 1.91 bits per heavy atom. The Kier molecular flexibility index (Phi) is 5.01. The lowest BCUT2D eigenvalue weighted by Gasteiger charge is -2.35. The van der Waals surface area contributed by atoms with E-state index in [1.54, 1.807) is 0 Å². The molecule has 2 N–H and O–H groups in total. The number of piperidine rings is 1. The molecular formula is C17H23ClN2O2. The molecule has 3 rings (SSSR count). The largest absolute Gasteiger partial charge is 0.388 e. The van der Waals surface area contributed by atoms with Crippen molar-refractivity contribution in [2.24, 2.45) is 5.92 Å². The van der Waals surface area contributed by atoms with Crippen LogP contribution in [0, 0.1) is 5.92 Å². The molecular weight excluding hydrogens is 300 g/mol. The first kappa shape index (κ1) is 15.8. The van der Waals surface area contributed by atoms with E-state index in [0.29, 0.717) is 5.02 Å². The number of carbonyl (C=O) groups is 1. The van der Waals surface area contributed by atoms with Gasteiger partial charge in [-0.3, -0.25) is 4.79 Å². The summed E-state index contributed by atoms with van der Waals surface area (Å²) in [5, 5.41) is 14.5. The lowest BCUT2D eigenvalue weighted by atomic mass is 9.87. The van der Waals surface area contributed by atoms with Crippen LogP contribution in [-0.4, -0.2) is 41.6 Å². The van der Waals surface area contributed by atoms with Crippen molar-refractivity contribution in [3.63, 3.8) is 0 Å². The third-order valence-corrected chi connectivity index (χ3v) is 5.12. The molecule has 0 aliphatic carbocycles. The molecule has 2 aliphatic rings. The highest BCUT2D eigenvalue weighted by molar-refractivity contribution is 6.30. The summed E-state index contributed by atoms with van der Waals surface area (Å²) in [6.07, 6.45) is 3.26. The normalized spacial score (nSPS) is 24.5. The van der Waals surface area contributed by atoms with Crippen molar-refractivity contribution < 1.29 is 9.90 Å². The predicted octanol–water partition coefficient (Wildman–Crippen LogP) is 2.36. The first-order valence-electron chi connectivity index (χ1n) is 8.11. The van der Waals surface area contributed by atoms with E-state index < -0.39 is 6.10 Å². The topological polar surface area (TPSA) is 52.6 Å². The maximum atomic E-state index is 12.4. The molecule has 1 aromatic rings. The number of nitrogens with one attached hydrogen (secondary N) is 1. The SMILES string of the molecule is O=C([C@@H]1CCCN1)N1CCC([C@@H](O)c2ccc(Cl)cc2)CC1. The molecule has 0 saturated carbocycles. The molecule has 1 amide bonds. The zero-order chi connectivity index (χ0) is 15.5. The second-order valence-electron chi connectivity index (χ2n) is 6.31. The Hall–Kier alpha value is -1.10. The van der Waals surface area contributed by atoms with Crippen LogP contribution in [0.2, 0.25) is 5.02 Å². The number of benzene rings is 1. The average molecular weight is 323 g/mol. The second-order valence-corrected chi connectivity index (χ2v) is 6.74. The summed E-state index contributed by atoms with van der Waals surface area (Å²) in [4.78, 5) is 14.3. The average Bonchev–Trinajstić information content (AvgIpc) is 3.09. The van der Waals surface area contributed by atoms with Gasteiger partial charge in [0.15, 0.2) is 0 Å². The van der Waals surface area contributed by atoms with Crippen LogP contribution in [0.15, 0.2) is 24.3 Å². The first-order valence-corrected chi connectivity index (χ1v) is 8.48. The Bertz CT molecular complexity index is 506. The molecule has 0 radical (unpaired) electrons. The van der Waals surface area contributed by atoms with Crippen molar-refractivity contribution in [1.29, 1.82) is 0 Å². The van der Waals surface area contributed by atoms with Gasteiger partial charge in [0.2, 0.25) is 5.91 Å². The number of amides is 1. The van der Waals surface area contributed by atoms with Gasteiger partial charge in [0.1, 0.15) is 0 Å². The molecule has 0 bridgehead atoms. The molecule has 5 heteroatoms. The van der Waals surface area contributed by atoms with Crippen molar-refractivity contribution in [3.8, 4) is 0 Å². The van der Waals surface area contributed by atoms with Crippen LogP contribution in [-0.2, 0) is 4.79 Å². The highest BCUT2D eigenvalue weighted by Gasteiger charge is 2.32. The number of nitrogens with zero attached hydrogens (tertiary/aromatic N) is 1. The first-order chi connectivity index (χ1) is 10.6. The summed E-state index contributed by atoms with van der Waals surface area (Å²) in [5.74, 6) is 0.443. The van der Waals surface area contributed by atoms with Gasteiger partial charge in [0.25, 0.3) is 0 Å². The fraction of sp³-hybridized carbons (Fsp3) is 0.588. The molecule has 2 saturated heterocycles. The number of aliphatic hydroxyl groups is 1. The number of hydrogen-bond acceptors (Lipinski definition) is 3. The summed E-state index contributed by atoms with van der Waals surface area (Å²) >= 11 is 5.89. The lowest BCUT2D eigenvalue weighted by Crippen LogP contribution is -2.47. The van der Waals surface area contributed by atoms with Crippen LogP contribution in [0.5, 0.6) is 0 Å². The van der Waals surface area contributed by atoms with Gasteiger partial charge in [-0.15, -0.1) is 0 Å². The maximum absolute atomic E-state index is 12.4. The summed E-state index contributed by atoms with van der Waals surface area (Å²) in [5.41, 5.74) is 0.909. The minimum atomic E-state index is -0.473. The van der Waals surface area contributed by atoms with Crippen LogP contribution in [0.4, 0.5) is 0 Å². The van der Waals surface area contributed by atoms with Gasteiger partial charge in [0.05, 0.1) is 12.1 Å². The number of hydrogen-bond donors (Lipinski definition) is 2. The molecule has 1 aromatic carbocycles. The molecule has 0 aromatic heterocycles. The van der Waals surface area contributed by atoms with Crippen molar-refractivity contribution >= 4 is 17.5 Å². The van der Waals surface area contributed by atoms with Crippen LogP contribution in [0.25, 0.3) is 0 Å². The molecule has 0 unspecified atom stereocenters. The minimum Gasteiger partial charge on any atom is -0.388 e. The Morgan fingerprint density at radius 3 is 2.50 bits per heavy atom. The molecule has 0 spiro atoms. The number of aliphatic hydroxyl groups excluding tert-OH is 1. The second kappa shape index (κ2) is 6.99. The predicted molar refractivity (Wildman–Crippen MR) is 86.7 cm³/mol. The number of rotatable bonds is 3. The minimum absolute atomic E-state index is 0.0118. The van der Waals surface area contributed by atoms with E-state index in [4.69, 9.17) is 11.6 Å². The fourth-order valence-corrected chi connectivity index (χ4v) is 3.61. The highest BCUT2D eigenvalue weighted by Crippen LogP contribution is 2.31. The molecule has 22 heavy (non-hydrogen) atoms. The summed E-state index contributed by atoms with van der Waals surface area (Å²) in [6, 6.07) is 7.40. The number of halogens is 1. The van der Waals surface area contributed by atoms with Crippen LogP contribution in [0.3, 0.4) is 0 Å². The standard InChI is InChI=1S/C17H23ClN2O2/c18-14-5-3-12(4-6-14)16(21)13-7-10-20(11-8-13)17(22)15-2-1-9-19-15/h3-6,13,15-16,19,21H,1-2,7-11H2/t15-,16-/m0/s1. The quantitative estimate of drug-likeness (QED) is 0.898. The van der Waals surface area contributed by atoms with Gasteiger partial charge in [-0.05, 0) is 55.8 Å². The summed E-state index contributed by atoms with van der Waals surface area (Å²) < 4.78 is 0. The molecule has 2 atom stereocenters. The van der Waals surface area contributed by atoms with E-state index >= 15 is 0 Å². The molecule has 2 heterocycles. The van der Waals surface area contributed by atoms with Crippen LogP contribution >= 0.6 is 11.6 Å². The zero-order valence-corrected chi connectivity index (χ0v) is 13.4. The van der Waals surface area contributed by atoms with Crippen molar-refractivity contribution in [2.75, 3.05) is 19.6 Å². The van der Waals surface area contributed by atoms with Gasteiger partial charge in [-0.1, -0.05) is 23.7 Å². The summed E-state index contributed by atoms with van der Waals surface area (Å²) in [7, 11) is 0. The van der Waals surface area contributed by atoms with Crippen LogP contribution in [0.1, 0.15) is 37.4 Å². The third-order valence-electron chi connectivity index (χ3n) is 4.87. The molecule has 4 nitrogen and oxygen atoms in total. The Labute approximate surface area is 136 Å². The Morgan fingerprint density at radius 1 is 1.23 bits per heavy atom. The molecule has 2 aliphatic heterocycles. The van der Waals surface area contributed by atoms with E-state index in [-0.39, 0.29) is 17.9 Å². The van der Waals surface area contributed by atoms with E-state index in [9.17, 15) is 9.90 Å². The zero-order valence-electron chi connectivity index (χ0n) is 12.7. The van der Waals surface area contributed by atoms with Crippen molar-refractivity contribution in [3.05, 3.63) is 34.9 Å². The number of carbonyl (C=O) groups excluding carboxylic acids is 1. The van der Waals surface area contributed by atoms with E-state index in [1.165, 1.54) is 0 Å². The third kappa shape index (κ3) is 3.45. The van der Waals surface area contributed by atoms with Crippen molar-refractivity contribution in [2.45, 2.75) is 37.8 Å². The van der Waals surface area contributed by atoms with Gasteiger partial charge in [0, 0.05) is 18.1 Å². The Balaban J connectivity index is 1.54. The number of likely N-dealkylation sites (tertiary alicyclic amines) is 1. The lowest BCUT2D eigenvalue weighted by molar-refractivity contribution is -0.135. The van der Waals surface area contributed by atoms with Gasteiger partial charge >= 0.3 is 0 Å². The van der Waals surface area contributed by atoms with Crippen LogP contribution < -0.4 is 5.32 Å². The maximum Gasteiger partial charge on any atom is 0.239 e. The van der Waals surface area contributed by atoms with E-state index in [2.05, 4.69) is 5.32 Å². The van der Waals surface area contributed by atoms with Crippen molar-refractivity contribution in [1.82, 2.24) is 10.2 Å². The summed E-state index contributed by atoms with van der Waals surface area (Å²) in [6.45, 7) is 2.43.